The van der Waals surface area contributed by atoms with Crippen molar-refractivity contribution in [3.8, 4) is 11.3 Å². The van der Waals surface area contributed by atoms with Crippen LogP contribution in [0.15, 0.2) is 33.6 Å². The van der Waals surface area contributed by atoms with Crippen LogP contribution in [-0.4, -0.2) is 4.98 Å². The zero-order chi connectivity index (χ0) is 12.8. The van der Waals surface area contributed by atoms with Crippen LogP contribution in [0.25, 0.3) is 11.3 Å². The monoisotopic (exact) mass is 323 g/mol. The molecule has 0 amide bonds. The summed E-state index contributed by atoms with van der Waals surface area (Å²) in [6.45, 7) is 2.25. The van der Waals surface area contributed by atoms with Crippen molar-refractivity contribution < 1.29 is 0 Å². The summed E-state index contributed by atoms with van der Waals surface area (Å²) in [7, 11) is 0. The molecule has 0 fully saturated rings. The molecular formula is C15H18BrNS. The lowest BCUT2D eigenvalue weighted by Gasteiger charge is -2.02. The van der Waals surface area contributed by atoms with Gasteiger partial charge >= 0.3 is 0 Å². The molecule has 2 rings (SSSR count). The third-order valence-electron chi connectivity index (χ3n) is 3.01. The van der Waals surface area contributed by atoms with Gasteiger partial charge in [0.2, 0.25) is 0 Å². The Bertz CT molecular complexity index is 475. The van der Waals surface area contributed by atoms with Gasteiger partial charge in [0.15, 0.2) is 0 Å². The average molecular weight is 324 g/mol. The van der Waals surface area contributed by atoms with Crippen LogP contribution in [0.3, 0.4) is 0 Å². The largest absolute Gasteiger partial charge is 0.256 e. The quantitative estimate of drug-likeness (QED) is 0.622. The molecule has 3 heteroatoms. The zero-order valence-electron chi connectivity index (χ0n) is 10.7. The Labute approximate surface area is 121 Å². The summed E-state index contributed by atoms with van der Waals surface area (Å²) < 4.78 is 1.16. The Balaban J connectivity index is 1.93. The first-order valence-corrected chi connectivity index (χ1v) is 8.16. The minimum absolute atomic E-state index is 1.06. The van der Waals surface area contributed by atoms with Crippen LogP contribution in [0.2, 0.25) is 0 Å². The van der Waals surface area contributed by atoms with E-state index in [-0.39, 0.29) is 0 Å². The fourth-order valence-electron chi connectivity index (χ4n) is 1.94. The van der Waals surface area contributed by atoms with Gasteiger partial charge in [0.1, 0.15) is 0 Å². The number of thiophene rings is 1. The maximum atomic E-state index is 4.55. The van der Waals surface area contributed by atoms with E-state index in [1.165, 1.54) is 36.8 Å². The molecular weight excluding hydrogens is 306 g/mol. The molecule has 18 heavy (non-hydrogen) atoms. The maximum absolute atomic E-state index is 4.55. The Morgan fingerprint density at radius 3 is 2.72 bits per heavy atom. The predicted octanol–water partition coefficient (Wildman–Crippen LogP) is 5.70. The van der Waals surface area contributed by atoms with Crippen molar-refractivity contribution in [3.63, 3.8) is 0 Å². The van der Waals surface area contributed by atoms with Gasteiger partial charge in [0.25, 0.3) is 0 Å². The number of hydrogen-bond donors (Lipinski definition) is 0. The second-order valence-electron chi connectivity index (χ2n) is 4.50. The van der Waals surface area contributed by atoms with Gasteiger partial charge in [-0.05, 0) is 46.5 Å². The standard InChI is InChI=1S/C15H18BrNS/c1-2-3-4-5-6-12-7-8-14(17-10-12)13-9-15(16)18-11-13/h7-11H,2-6H2,1H3. The number of nitrogens with zero attached hydrogens (tertiary/aromatic N) is 1. The van der Waals surface area contributed by atoms with E-state index in [1.54, 1.807) is 11.3 Å². The average Bonchev–Trinajstić information content (AvgIpc) is 2.82. The van der Waals surface area contributed by atoms with Gasteiger partial charge in [0.05, 0.1) is 9.48 Å². The SMILES string of the molecule is CCCCCCc1ccc(-c2csc(Br)c2)nc1. The van der Waals surface area contributed by atoms with Crippen molar-refractivity contribution in [2.24, 2.45) is 0 Å². The van der Waals surface area contributed by atoms with Gasteiger partial charge in [-0.3, -0.25) is 4.98 Å². The summed E-state index contributed by atoms with van der Waals surface area (Å²) in [6.07, 6.45) is 8.42. The smallest absolute Gasteiger partial charge is 0.0710 e. The van der Waals surface area contributed by atoms with E-state index in [0.717, 1.165) is 15.9 Å². The lowest BCUT2D eigenvalue weighted by atomic mass is 10.1. The molecule has 0 bridgehead atoms. The van der Waals surface area contributed by atoms with Crippen molar-refractivity contribution >= 4 is 27.3 Å². The van der Waals surface area contributed by atoms with Crippen molar-refractivity contribution in [3.05, 3.63) is 39.1 Å². The Hall–Kier alpha value is -0.670. The minimum Gasteiger partial charge on any atom is -0.256 e. The summed E-state index contributed by atoms with van der Waals surface area (Å²) in [5, 5.41) is 2.13. The molecule has 0 atom stereocenters. The lowest BCUT2D eigenvalue weighted by molar-refractivity contribution is 0.666. The maximum Gasteiger partial charge on any atom is 0.0710 e. The first kappa shape index (κ1) is 13.8. The molecule has 0 spiro atoms. The molecule has 2 aromatic rings. The first-order valence-electron chi connectivity index (χ1n) is 6.49. The highest BCUT2D eigenvalue weighted by molar-refractivity contribution is 9.11. The first-order chi connectivity index (χ1) is 8.79. The van der Waals surface area contributed by atoms with E-state index < -0.39 is 0 Å². The fraction of sp³-hybridized carbons (Fsp3) is 0.400. The lowest BCUT2D eigenvalue weighted by Crippen LogP contribution is -1.88. The predicted molar refractivity (Wildman–Crippen MR) is 83.1 cm³/mol. The van der Waals surface area contributed by atoms with Crippen molar-refractivity contribution in [2.75, 3.05) is 0 Å². The summed E-state index contributed by atoms with van der Waals surface area (Å²) in [5.41, 5.74) is 3.61. The molecule has 0 aliphatic rings. The molecule has 0 unspecified atom stereocenters. The summed E-state index contributed by atoms with van der Waals surface area (Å²) in [4.78, 5) is 4.55. The summed E-state index contributed by atoms with van der Waals surface area (Å²) in [5.74, 6) is 0. The molecule has 0 aliphatic heterocycles. The van der Waals surface area contributed by atoms with Gasteiger partial charge in [-0.1, -0.05) is 32.3 Å². The molecule has 2 aromatic heterocycles. The molecule has 0 saturated heterocycles. The van der Waals surface area contributed by atoms with Gasteiger partial charge < -0.3 is 0 Å². The van der Waals surface area contributed by atoms with Gasteiger partial charge in [0, 0.05) is 17.1 Å². The van der Waals surface area contributed by atoms with Crippen LogP contribution in [0, 0.1) is 0 Å². The Kier molecular flexibility index (Phi) is 5.39. The van der Waals surface area contributed by atoms with Gasteiger partial charge in [-0.25, -0.2) is 0 Å². The molecule has 0 aromatic carbocycles. The number of aryl methyl sites for hydroxylation is 1. The highest BCUT2D eigenvalue weighted by Crippen LogP contribution is 2.27. The normalized spacial score (nSPS) is 10.8. The van der Waals surface area contributed by atoms with E-state index in [2.05, 4.69) is 51.4 Å². The number of rotatable bonds is 6. The van der Waals surface area contributed by atoms with Crippen LogP contribution in [0.1, 0.15) is 38.2 Å². The van der Waals surface area contributed by atoms with E-state index in [1.807, 2.05) is 6.20 Å². The van der Waals surface area contributed by atoms with Crippen molar-refractivity contribution in [1.29, 1.82) is 0 Å². The van der Waals surface area contributed by atoms with E-state index in [0.29, 0.717) is 0 Å². The second kappa shape index (κ2) is 7.05. The van der Waals surface area contributed by atoms with Crippen LogP contribution in [-0.2, 0) is 6.42 Å². The van der Waals surface area contributed by atoms with Crippen LogP contribution in [0.5, 0.6) is 0 Å². The summed E-state index contributed by atoms with van der Waals surface area (Å²) in [6, 6.07) is 6.46. The zero-order valence-corrected chi connectivity index (χ0v) is 13.1. The molecule has 0 radical (unpaired) electrons. The molecule has 0 saturated carbocycles. The van der Waals surface area contributed by atoms with Crippen LogP contribution in [0.4, 0.5) is 0 Å². The van der Waals surface area contributed by atoms with Gasteiger partial charge in [-0.2, -0.15) is 0 Å². The highest BCUT2D eigenvalue weighted by Gasteiger charge is 2.02. The number of aromatic nitrogens is 1. The number of pyridine rings is 1. The third kappa shape index (κ3) is 3.92. The molecule has 1 nitrogen and oxygen atoms in total. The second-order valence-corrected chi connectivity index (χ2v) is 6.79. The molecule has 0 aliphatic carbocycles. The van der Waals surface area contributed by atoms with Crippen molar-refractivity contribution in [1.82, 2.24) is 4.98 Å². The van der Waals surface area contributed by atoms with Crippen LogP contribution < -0.4 is 0 Å². The Morgan fingerprint density at radius 1 is 1.22 bits per heavy atom. The topological polar surface area (TPSA) is 12.9 Å². The fourth-order valence-corrected chi connectivity index (χ4v) is 3.09. The molecule has 0 N–H and O–H groups in total. The molecule has 96 valence electrons. The van der Waals surface area contributed by atoms with E-state index in [4.69, 9.17) is 0 Å². The number of halogens is 1. The third-order valence-corrected chi connectivity index (χ3v) is 4.51. The van der Waals surface area contributed by atoms with Crippen molar-refractivity contribution in [2.45, 2.75) is 39.0 Å². The summed E-state index contributed by atoms with van der Waals surface area (Å²) >= 11 is 5.18. The molecule has 2 heterocycles. The van der Waals surface area contributed by atoms with E-state index in [9.17, 15) is 0 Å². The van der Waals surface area contributed by atoms with Crippen LogP contribution >= 0.6 is 27.3 Å². The highest BCUT2D eigenvalue weighted by atomic mass is 79.9. The van der Waals surface area contributed by atoms with Gasteiger partial charge in [-0.15, -0.1) is 11.3 Å². The Morgan fingerprint density at radius 2 is 2.11 bits per heavy atom. The van der Waals surface area contributed by atoms with E-state index >= 15 is 0 Å². The number of unbranched alkanes of at least 4 members (excludes halogenated alkanes) is 3. The minimum atomic E-state index is 1.06. The number of hydrogen-bond acceptors (Lipinski definition) is 2.